The van der Waals surface area contributed by atoms with Gasteiger partial charge < -0.3 is 28.8 Å². The maximum atomic E-state index is 13.8. The van der Waals surface area contributed by atoms with Gasteiger partial charge in [-0.1, -0.05) is 36.4 Å². The van der Waals surface area contributed by atoms with Gasteiger partial charge in [-0.3, -0.25) is 14.4 Å². The zero-order chi connectivity index (χ0) is 32.2. The minimum Gasteiger partial charge on any atom is -0.459 e. The van der Waals surface area contributed by atoms with Crippen LogP contribution in [0.5, 0.6) is 0 Å². The van der Waals surface area contributed by atoms with E-state index in [1.54, 1.807) is 62.4 Å². The Morgan fingerprint density at radius 1 is 0.750 bits per heavy atom. The lowest BCUT2D eigenvalue weighted by molar-refractivity contribution is -0.324. The van der Waals surface area contributed by atoms with Gasteiger partial charge in [0.05, 0.1) is 28.1 Å². The zero-order valence-electron chi connectivity index (χ0n) is 25.4. The molecule has 2 aromatic carbocycles. The maximum Gasteiger partial charge on any atom is 0.338 e. The summed E-state index contributed by atoms with van der Waals surface area (Å²) in [6.07, 6.45) is -6.47. The van der Waals surface area contributed by atoms with E-state index in [1.807, 2.05) is 0 Å². The summed E-state index contributed by atoms with van der Waals surface area (Å²) in [6, 6.07) is 16.1. The van der Waals surface area contributed by atoms with Crippen molar-refractivity contribution in [3.63, 3.8) is 0 Å². The number of aliphatic hydroxyl groups is 1. The number of carbonyl (C=O) groups is 5. The SMILES string of the molecule is CC(=O)O[C@H]1C(=O)C[C@](C)(O)[C@]23OC(C)(C)[C@@H]([C@H](OC(=O)c4ccccc4)[C@H](OC(=O)c4ccccc4)[C@@]12C)[C@@H]3OC(C)=O. The van der Waals surface area contributed by atoms with Crippen molar-refractivity contribution in [3.05, 3.63) is 71.8 Å². The molecule has 1 aliphatic heterocycles. The molecule has 44 heavy (non-hydrogen) atoms. The van der Waals surface area contributed by atoms with Gasteiger partial charge in [0.2, 0.25) is 0 Å². The van der Waals surface area contributed by atoms with E-state index in [0.29, 0.717) is 0 Å². The average Bonchev–Trinajstić information content (AvgIpc) is 3.16. The predicted octanol–water partition coefficient (Wildman–Crippen LogP) is 3.21. The molecule has 2 aliphatic carbocycles. The van der Waals surface area contributed by atoms with Crippen molar-refractivity contribution in [1.29, 1.82) is 0 Å². The van der Waals surface area contributed by atoms with Crippen molar-refractivity contribution < 1.29 is 52.8 Å². The van der Waals surface area contributed by atoms with E-state index in [2.05, 4.69) is 0 Å². The molecule has 3 aliphatic rings. The molecule has 0 radical (unpaired) electrons. The van der Waals surface area contributed by atoms with Gasteiger partial charge in [0, 0.05) is 20.3 Å². The topological polar surface area (TPSA) is 152 Å². The molecule has 11 heteroatoms. The first-order valence-electron chi connectivity index (χ1n) is 14.4. The van der Waals surface area contributed by atoms with Gasteiger partial charge in [-0.2, -0.15) is 0 Å². The first kappa shape index (κ1) is 31.3. The molecule has 8 atom stereocenters. The molecular weight excluding hydrogens is 572 g/mol. The van der Waals surface area contributed by atoms with E-state index in [-0.39, 0.29) is 11.1 Å². The molecule has 3 fully saturated rings. The fourth-order valence-electron chi connectivity index (χ4n) is 7.66. The van der Waals surface area contributed by atoms with E-state index < -0.39 is 88.6 Å². The lowest BCUT2D eigenvalue weighted by Crippen LogP contribution is -2.83. The largest absolute Gasteiger partial charge is 0.459 e. The highest BCUT2D eigenvalue weighted by molar-refractivity contribution is 5.92. The van der Waals surface area contributed by atoms with Crippen LogP contribution in [-0.4, -0.2) is 76.0 Å². The third-order valence-corrected chi connectivity index (χ3v) is 9.23. The summed E-state index contributed by atoms with van der Waals surface area (Å²) in [6.45, 7) is 8.46. The van der Waals surface area contributed by atoms with Gasteiger partial charge in [0.1, 0.15) is 23.4 Å². The summed E-state index contributed by atoms with van der Waals surface area (Å²) >= 11 is 0. The number of Topliss-reactive ketones (excluding diaryl/α,β-unsaturated/α-hetero) is 1. The molecule has 0 amide bonds. The molecule has 11 nitrogen and oxygen atoms in total. The van der Waals surface area contributed by atoms with Crippen LogP contribution in [-0.2, 0) is 38.1 Å². The number of ether oxygens (including phenoxy) is 5. The monoisotopic (exact) mass is 608 g/mol. The Kier molecular flexibility index (Phi) is 7.70. The minimum absolute atomic E-state index is 0.158. The normalized spacial score (nSPS) is 35.2. The third kappa shape index (κ3) is 4.69. The average molecular weight is 609 g/mol. The maximum absolute atomic E-state index is 13.8. The van der Waals surface area contributed by atoms with Crippen LogP contribution < -0.4 is 0 Å². The smallest absolute Gasteiger partial charge is 0.338 e. The van der Waals surface area contributed by atoms with E-state index >= 15 is 0 Å². The quantitative estimate of drug-likeness (QED) is 0.380. The fraction of sp³-hybridized carbons (Fsp3) is 0.485. The number of ketones is 1. The van der Waals surface area contributed by atoms with Gasteiger partial charge in [0.15, 0.2) is 18.0 Å². The molecule has 0 unspecified atom stereocenters. The summed E-state index contributed by atoms with van der Waals surface area (Å²) in [4.78, 5) is 66.2. The Morgan fingerprint density at radius 3 is 1.75 bits per heavy atom. The molecule has 0 aromatic heterocycles. The second-order valence-electron chi connectivity index (χ2n) is 12.6. The number of fused-ring (bicyclic) bond motifs is 1. The highest BCUT2D eigenvalue weighted by atomic mass is 16.6. The van der Waals surface area contributed by atoms with Crippen molar-refractivity contribution in [1.82, 2.24) is 0 Å². The standard InChI is InChI=1S/C33H36O11/c1-18(34)40-25-22(36)17-31(5,39)33-26(41-19(2)35)23(30(3,4)44-33)24(42-28(37)20-13-9-7-10-14-20)27(32(25,33)6)43-29(38)21-15-11-8-12-16-21/h7-16,23-27,39H,17H2,1-6H3/t23-,24-,25-,26-,27-,31-,32+,33-/m0/s1. The van der Waals surface area contributed by atoms with Gasteiger partial charge >= 0.3 is 23.9 Å². The van der Waals surface area contributed by atoms with Crippen molar-refractivity contribution in [3.8, 4) is 0 Å². The number of hydrogen-bond acceptors (Lipinski definition) is 11. The first-order chi connectivity index (χ1) is 20.6. The number of benzene rings is 2. The van der Waals surface area contributed by atoms with Crippen LogP contribution in [0, 0.1) is 11.3 Å². The van der Waals surface area contributed by atoms with Crippen LogP contribution in [0.15, 0.2) is 60.7 Å². The molecule has 1 N–H and O–H groups in total. The van der Waals surface area contributed by atoms with Crippen molar-refractivity contribution in [2.75, 3.05) is 0 Å². The molecule has 1 spiro atoms. The lowest BCUT2D eigenvalue weighted by Gasteiger charge is -2.64. The second kappa shape index (κ2) is 10.8. The third-order valence-electron chi connectivity index (χ3n) is 9.23. The molecule has 1 saturated heterocycles. The van der Waals surface area contributed by atoms with Crippen molar-refractivity contribution >= 4 is 29.7 Å². The molecule has 234 valence electrons. The molecule has 1 heterocycles. The molecule has 2 aromatic rings. The molecule has 2 bridgehead atoms. The van der Waals surface area contributed by atoms with Crippen LogP contribution in [0.25, 0.3) is 0 Å². The van der Waals surface area contributed by atoms with Crippen LogP contribution in [0.3, 0.4) is 0 Å². The van der Waals surface area contributed by atoms with E-state index in [9.17, 15) is 29.1 Å². The number of rotatable bonds is 6. The Labute approximate surface area is 254 Å². The highest BCUT2D eigenvalue weighted by Crippen LogP contribution is 2.68. The van der Waals surface area contributed by atoms with Gasteiger partial charge in [0.25, 0.3) is 0 Å². The van der Waals surface area contributed by atoms with Gasteiger partial charge in [-0.05, 0) is 52.0 Å². The van der Waals surface area contributed by atoms with Crippen molar-refractivity contribution in [2.24, 2.45) is 11.3 Å². The van der Waals surface area contributed by atoms with E-state index in [0.717, 1.165) is 6.92 Å². The molecule has 2 saturated carbocycles. The van der Waals surface area contributed by atoms with Crippen LogP contribution >= 0.6 is 0 Å². The highest BCUT2D eigenvalue weighted by Gasteiger charge is 2.87. The zero-order valence-corrected chi connectivity index (χ0v) is 25.4. The number of esters is 4. The van der Waals surface area contributed by atoms with E-state index in [1.165, 1.54) is 32.9 Å². The van der Waals surface area contributed by atoms with Gasteiger partial charge in [-0.25, -0.2) is 9.59 Å². The van der Waals surface area contributed by atoms with Crippen LogP contribution in [0.2, 0.25) is 0 Å². The molecule has 5 rings (SSSR count). The fourth-order valence-corrected chi connectivity index (χ4v) is 7.66. The summed E-state index contributed by atoms with van der Waals surface area (Å²) in [5, 5.41) is 12.1. The minimum atomic E-state index is -2.03. The Balaban J connectivity index is 1.79. The van der Waals surface area contributed by atoms with E-state index in [4.69, 9.17) is 23.7 Å². The molecular formula is C33H36O11. The number of carbonyl (C=O) groups excluding carboxylic acids is 5. The summed E-state index contributed by atoms with van der Waals surface area (Å²) in [7, 11) is 0. The summed E-state index contributed by atoms with van der Waals surface area (Å²) in [5.41, 5.74) is -6.92. The first-order valence-corrected chi connectivity index (χ1v) is 14.4. The lowest BCUT2D eigenvalue weighted by atomic mass is 9.46. The van der Waals surface area contributed by atoms with Crippen LogP contribution in [0.4, 0.5) is 0 Å². The Morgan fingerprint density at radius 2 is 1.25 bits per heavy atom. The Hall–Kier alpha value is -4.09. The summed E-state index contributed by atoms with van der Waals surface area (Å²) < 4.78 is 30.6. The summed E-state index contributed by atoms with van der Waals surface area (Å²) in [5.74, 6) is -4.85. The predicted molar refractivity (Wildman–Crippen MR) is 152 cm³/mol. The van der Waals surface area contributed by atoms with Gasteiger partial charge in [-0.15, -0.1) is 0 Å². The Bertz CT molecular complexity index is 1480. The second-order valence-corrected chi connectivity index (χ2v) is 12.6. The van der Waals surface area contributed by atoms with Crippen molar-refractivity contribution in [2.45, 2.75) is 89.2 Å². The van der Waals surface area contributed by atoms with Crippen LogP contribution in [0.1, 0.15) is 68.7 Å². The number of hydrogen-bond donors (Lipinski definition) is 1.